The number of nitrogens with one attached hydrogen (secondary N) is 1. The van der Waals surface area contributed by atoms with Gasteiger partial charge in [-0.2, -0.15) is 23.4 Å². The number of aryl methyl sites for hydroxylation is 1. The van der Waals surface area contributed by atoms with Crippen LogP contribution in [0.3, 0.4) is 0 Å². The SMILES string of the molecule is COCCn1ccc(C(=O)N2CCc3[nH]nc(-c4ccc5c(c4)CCCO5)c3CC2)n1.O=C(O)C(F)(F)F. The highest BCUT2D eigenvalue weighted by Gasteiger charge is 2.38. The number of halogens is 3. The quantitative estimate of drug-likeness (QED) is 0.515. The van der Waals surface area contributed by atoms with Crippen molar-refractivity contribution in [3.8, 4) is 17.0 Å². The second kappa shape index (κ2) is 11.7. The monoisotopic (exact) mass is 535 g/mol. The molecule has 13 heteroatoms. The molecule has 3 aromatic rings. The Morgan fingerprint density at radius 2 is 1.95 bits per heavy atom. The van der Waals surface area contributed by atoms with Crippen LogP contribution in [0, 0.1) is 0 Å². The lowest BCUT2D eigenvalue weighted by Crippen LogP contribution is -2.33. The predicted octanol–water partition coefficient (Wildman–Crippen LogP) is 3.12. The molecule has 0 atom stereocenters. The lowest BCUT2D eigenvalue weighted by atomic mass is 9.98. The predicted molar refractivity (Wildman–Crippen MR) is 129 cm³/mol. The summed E-state index contributed by atoms with van der Waals surface area (Å²) >= 11 is 0. The molecule has 5 rings (SSSR count). The number of methoxy groups -OCH3 is 1. The summed E-state index contributed by atoms with van der Waals surface area (Å²) in [7, 11) is 1.66. The van der Waals surface area contributed by atoms with E-state index in [1.165, 1.54) is 11.1 Å². The molecule has 0 bridgehead atoms. The Balaban J connectivity index is 0.000000426. The Kier molecular flexibility index (Phi) is 8.35. The van der Waals surface area contributed by atoms with Crippen molar-refractivity contribution in [2.24, 2.45) is 0 Å². The number of amides is 1. The maximum Gasteiger partial charge on any atom is 0.490 e. The molecule has 1 aromatic carbocycles. The summed E-state index contributed by atoms with van der Waals surface area (Å²) in [4.78, 5) is 23.8. The van der Waals surface area contributed by atoms with Gasteiger partial charge in [0.1, 0.15) is 11.4 Å². The first-order valence-corrected chi connectivity index (χ1v) is 12.1. The summed E-state index contributed by atoms with van der Waals surface area (Å²) in [6, 6.07) is 8.12. The molecule has 4 heterocycles. The van der Waals surface area contributed by atoms with E-state index in [0.717, 1.165) is 55.0 Å². The van der Waals surface area contributed by atoms with Gasteiger partial charge in [-0.1, -0.05) is 0 Å². The van der Waals surface area contributed by atoms with Crippen molar-refractivity contribution < 1.29 is 37.3 Å². The lowest BCUT2D eigenvalue weighted by Gasteiger charge is -2.19. The zero-order chi connectivity index (χ0) is 27.3. The van der Waals surface area contributed by atoms with E-state index < -0.39 is 12.1 Å². The van der Waals surface area contributed by atoms with E-state index in [9.17, 15) is 18.0 Å². The fraction of sp³-hybridized carbons (Fsp3) is 0.440. The van der Waals surface area contributed by atoms with E-state index in [-0.39, 0.29) is 5.91 Å². The van der Waals surface area contributed by atoms with Crippen LogP contribution in [-0.4, -0.2) is 81.5 Å². The topological polar surface area (TPSA) is 123 Å². The number of benzene rings is 1. The molecular weight excluding hydrogens is 507 g/mol. The molecule has 38 heavy (non-hydrogen) atoms. The van der Waals surface area contributed by atoms with Crippen LogP contribution in [0.2, 0.25) is 0 Å². The number of rotatable bonds is 5. The van der Waals surface area contributed by atoms with E-state index in [1.54, 1.807) is 17.9 Å². The number of carbonyl (C=O) groups is 2. The summed E-state index contributed by atoms with van der Waals surface area (Å²) in [6.07, 6.45) is 0.355. The minimum Gasteiger partial charge on any atom is -0.493 e. The van der Waals surface area contributed by atoms with Crippen molar-refractivity contribution >= 4 is 11.9 Å². The van der Waals surface area contributed by atoms with Crippen LogP contribution in [0.1, 0.15) is 33.7 Å². The van der Waals surface area contributed by atoms with Gasteiger partial charge in [-0.15, -0.1) is 0 Å². The van der Waals surface area contributed by atoms with Gasteiger partial charge in [0.25, 0.3) is 5.91 Å². The Hall–Kier alpha value is -3.87. The minimum atomic E-state index is -5.08. The maximum atomic E-state index is 13.0. The van der Waals surface area contributed by atoms with Gasteiger partial charge in [0, 0.05) is 49.6 Å². The third kappa shape index (κ3) is 6.33. The highest BCUT2D eigenvalue weighted by atomic mass is 19.4. The van der Waals surface area contributed by atoms with Crippen molar-refractivity contribution in [2.75, 3.05) is 33.4 Å². The molecule has 204 valence electrons. The van der Waals surface area contributed by atoms with Crippen LogP contribution in [0.25, 0.3) is 11.3 Å². The van der Waals surface area contributed by atoms with Gasteiger partial charge in [-0.25, -0.2) is 4.79 Å². The lowest BCUT2D eigenvalue weighted by molar-refractivity contribution is -0.192. The molecule has 2 aliphatic heterocycles. The van der Waals surface area contributed by atoms with Crippen molar-refractivity contribution in [2.45, 2.75) is 38.4 Å². The second-order valence-corrected chi connectivity index (χ2v) is 8.86. The molecule has 0 spiro atoms. The number of hydrogen-bond donors (Lipinski definition) is 2. The summed E-state index contributed by atoms with van der Waals surface area (Å²) in [5, 5.41) is 19.4. The Morgan fingerprint density at radius 3 is 2.68 bits per heavy atom. The number of hydrogen-bond acceptors (Lipinski definition) is 6. The number of carboxylic acid groups (broad SMARTS) is 1. The van der Waals surface area contributed by atoms with Crippen molar-refractivity contribution in [3.05, 3.63) is 53.0 Å². The third-order valence-electron chi connectivity index (χ3n) is 6.31. The number of aromatic amines is 1. The van der Waals surface area contributed by atoms with Crippen LogP contribution in [-0.2, 0) is 35.3 Å². The third-order valence-corrected chi connectivity index (χ3v) is 6.31. The van der Waals surface area contributed by atoms with E-state index in [4.69, 9.17) is 19.4 Å². The Bertz CT molecular complexity index is 1290. The van der Waals surface area contributed by atoms with Crippen LogP contribution < -0.4 is 4.74 Å². The van der Waals surface area contributed by atoms with Gasteiger partial charge in [-0.05, 0) is 49.1 Å². The van der Waals surface area contributed by atoms with Crippen LogP contribution >= 0.6 is 0 Å². The molecule has 10 nitrogen and oxygen atoms in total. The van der Waals surface area contributed by atoms with Gasteiger partial charge in [0.05, 0.1) is 25.5 Å². The molecule has 0 saturated carbocycles. The largest absolute Gasteiger partial charge is 0.493 e. The van der Waals surface area contributed by atoms with Crippen molar-refractivity contribution in [3.63, 3.8) is 0 Å². The number of carboxylic acids is 1. The smallest absolute Gasteiger partial charge is 0.490 e. The molecule has 2 N–H and O–H groups in total. The first-order valence-electron chi connectivity index (χ1n) is 12.1. The molecule has 1 amide bonds. The van der Waals surface area contributed by atoms with Gasteiger partial charge in [0.15, 0.2) is 0 Å². The number of fused-ring (bicyclic) bond motifs is 2. The number of ether oxygens (including phenoxy) is 2. The fourth-order valence-corrected chi connectivity index (χ4v) is 4.38. The zero-order valence-electron chi connectivity index (χ0n) is 20.8. The second-order valence-electron chi connectivity index (χ2n) is 8.86. The molecule has 2 aliphatic rings. The first-order chi connectivity index (χ1) is 18.2. The standard InChI is InChI=1S/C23H27N5O3.C2HF3O2/c1-30-14-12-28-11-8-20(26-28)23(29)27-9-6-18-19(7-10-27)24-25-22(18)17-4-5-21-16(15-17)3-2-13-31-21;3-2(4,5)1(6)7/h4-5,8,11,15H,2-3,6-7,9-10,12-14H2,1H3,(H,24,25);(H,6,7). The van der Waals surface area contributed by atoms with Crippen LogP contribution in [0.4, 0.5) is 13.2 Å². The number of carbonyl (C=O) groups excluding carboxylic acids is 1. The Morgan fingerprint density at radius 1 is 1.18 bits per heavy atom. The number of aromatic nitrogens is 4. The number of aliphatic carboxylic acids is 1. The summed E-state index contributed by atoms with van der Waals surface area (Å²) in [6.45, 7) is 3.29. The van der Waals surface area contributed by atoms with E-state index >= 15 is 0 Å². The molecule has 0 saturated heterocycles. The van der Waals surface area contributed by atoms with Gasteiger partial charge in [0.2, 0.25) is 0 Å². The van der Waals surface area contributed by atoms with E-state index in [0.29, 0.717) is 31.9 Å². The molecule has 2 aromatic heterocycles. The van der Waals surface area contributed by atoms with Crippen LogP contribution in [0.5, 0.6) is 5.75 Å². The average molecular weight is 536 g/mol. The highest BCUT2D eigenvalue weighted by Crippen LogP contribution is 2.32. The maximum absolute atomic E-state index is 13.0. The molecule has 0 fully saturated rings. The average Bonchev–Trinajstić information content (AvgIpc) is 3.48. The summed E-state index contributed by atoms with van der Waals surface area (Å²) in [5.41, 5.74) is 6.15. The van der Waals surface area contributed by atoms with E-state index in [1.807, 2.05) is 11.1 Å². The van der Waals surface area contributed by atoms with Gasteiger partial charge < -0.3 is 19.5 Å². The number of nitrogens with zero attached hydrogens (tertiary/aromatic N) is 4. The molecule has 0 unspecified atom stereocenters. The number of H-pyrrole nitrogens is 1. The normalized spacial score (nSPS) is 14.9. The number of alkyl halides is 3. The summed E-state index contributed by atoms with van der Waals surface area (Å²) < 4.78 is 44.3. The molecule has 0 radical (unpaired) electrons. The first kappa shape index (κ1) is 27.2. The van der Waals surface area contributed by atoms with Crippen molar-refractivity contribution in [1.82, 2.24) is 24.9 Å². The fourth-order valence-electron chi connectivity index (χ4n) is 4.38. The van der Waals surface area contributed by atoms with Crippen LogP contribution in [0.15, 0.2) is 30.5 Å². The van der Waals surface area contributed by atoms with E-state index in [2.05, 4.69) is 33.5 Å². The summed E-state index contributed by atoms with van der Waals surface area (Å²) in [5.74, 6) is -1.80. The van der Waals surface area contributed by atoms with Gasteiger partial charge >= 0.3 is 12.1 Å². The Labute approximate surface area is 216 Å². The molecule has 0 aliphatic carbocycles. The zero-order valence-corrected chi connectivity index (χ0v) is 20.8. The highest BCUT2D eigenvalue weighted by molar-refractivity contribution is 5.92. The van der Waals surface area contributed by atoms with Crippen molar-refractivity contribution in [1.29, 1.82) is 0 Å². The molecular formula is C25H28F3N5O5. The minimum absolute atomic E-state index is 0.0261. The van der Waals surface area contributed by atoms with Gasteiger partial charge in [-0.3, -0.25) is 14.6 Å².